The molecular weight excluding hydrogens is 152 g/mol. The fourth-order valence-electron chi connectivity index (χ4n) is 0.630. The van der Waals surface area contributed by atoms with Gasteiger partial charge in [-0.2, -0.15) is 0 Å². The van der Waals surface area contributed by atoms with Crippen LogP contribution in [0, 0.1) is 17.0 Å². The van der Waals surface area contributed by atoms with Gasteiger partial charge in [0, 0.05) is 6.92 Å². The Morgan fingerprint density at radius 1 is 1.80 bits per heavy atom. The van der Waals surface area contributed by atoms with Crippen LogP contribution in [0.2, 0.25) is 0 Å². The summed E-state index contributed by atoms with van der Waals surface area (Å²) in [5, 5.41) is 11.8. The van der Waals surface area contributed by atoms with E-state index < -0.39 is 0 Å². The second kappa shape index (κ2) is 2.34. The normalized spacial score (nSPS) is 9.80. The number of hydrogen-bond donors (Lipinski definition) is 0. The minimum absolute atomic E-state index is 0.201. The van der Waals surface area contributed by atoms with E-state index in [0.29, 0.717) is 5.69 Å². The van der Waals surface area contributed by atoms with E-state index in [1.165, 1.54) is 16.9 Å². The lowest BCUT2D eigenvalue weighted by Gasteiger charge is -1.81. The molecule has 0 atom stereocenters. The predicted molar refractivity (Wildman–Crippen MR) is 36.9 cm³/mol. The molecule has 0 radical (unpaired) electrons. The second-order valence-corrected chi connectivity index (χ2v) is 2.94. The highest BCUT2D eigenvalue weighted by atomic mass is 32.1. The zero-order valence-corrected chi connectivity index (χ0v) is 6.51. The number of nitro groups is 1. The van der Waals surface area contributed by atoms with Gasteiger partial charge in [0.05, 0.1) is 4.92 Å². The maximum Gasteiger partial charge on any atom is 0.351 e. The third kappa shape index (κ3) is 0.995. The molecule has 1 heterocycles. The highest BCUT2D eigenvalue weighted by molar-refractivity contribution is 6.99. The van der Waals surface area contributed by atoms with Gasteiger partial charge in [0.25, 0.3) is 5.69 Å². The molecule has 0 aliphatic heterocycles. The van der Waals surface area contributed by atoms with Crippen molar-refractivity contribution in [3.63, 3.8) is 0 Å². The quantitative estimate of drug-likeness (QED) is 0.345. The molecule has 0 bridgehead atoms. The SMILES string of the molecule is Cc1c([N+](=O)[O-])cs[n+]1C. The Kier molecular flexibility index (Phi) is 1.67. The first kappa shape index (κ1) is 7.14. The Bertz CT molecular complexity index is 269. The van der Waals surface area contributed by atoms with Crippen molar-refractivity contribution in [1.82, 2.24) is 0 Å². The van der Waals surface area contributed by atoms with Crippen LogP contribution in [0.15, 0.2) is 5.38 Å². The van der Waals surface area contributed by atoms with E-state index in [-0.39, 0.29) is 10.6 Å². The van der Waals surface area contributed by atoms with Gasteiger partial charge in [0.2, 0.25) is 0 Å². The molecule has 0 saturated heterocycles. The van der Waals surface area contributed by atoms with Gasteiger partial charge in [-0.05, 0) is 0 Å². The second-order valence-electron chi connectivity index (χ2n) is 1.95. The van der Waals surface area contributed by atoms with Crippen molar-refractivity contribution in [2.24, 2.45) is 7.05 Å². The van der Waals surface area contributed by atoms with Gasteiger partial charge in [-0.3, -0.25) is 10.1 Å². The standard InChI is InChI=1S/C5H7N2O2S/c1-4-5(7(8)9)3-10-6(4)2/h3H,1-2H3/q+1. The number of aryl methyl sites for hydroxylation is 1. The summed E-state index contributed by atoms with van der Waals surface area (Å²) >= 11 is 1.33. The van der Waals surface area contributed by atoms with Gasteiger partial charge in [-0.15, -0.1) is 3.96 Å². The van der Waals surface area contributed by atoms with Crippen molar-refractivity contribution >= 4 is 17.2 Å². The van der Waals surface area contributed by atoms with E-state index >= 15 is 0 Å². The van der Waals surface area contributed by atoms with Crippen molar-refractivity contribution < 1.29 is 8.88 Å². The molecule has 10 heavy (non-hydrogen) atoms. The van der Waals surface area contributed by atoms with Gasteiger partial charge in [0.1, 0.15) is 16.9 Å². The Morgan fingerprint density at radius 3 is 2.60 bits per heavy atom. The van der Waals surface area contributed by atoms with Crippen LogP contribution in [0.5, 0.6) is 0 Å². The summed E-state index contributed by atoms with van der Waals surface area (Å²) in [5.74, 6) is 0. The van der Waals surface area contributed by atoms with Crippen molar-refractivity contribution in [3.05, 3.63) is 21.2 Å². The lowest BCUT2D eigenvalue weighted by Crippen LogP contribution is -2.24. The molecular formula is C5H7N2O2S+. The number of hydrogen-bond acceptors (Lipinski definition) is 3. The molecule has 0 aliphatic rings. The minimum Gasteiger partial charge on any atom is -0.258 e. The third-order valence-electron chi connectivity index (χ3n) is 1.36. The van der Waals surface area contributed by atoms with Gasteiger partial charge >= 0.3 is 5.69 Å². The van der Waals surface area contributed by atoms with Crippen LogP contribution >= 0.6 is 11.5 Å². The van der Waals surface area contributed by atoms with Crippen LogP contribution in [0.25, 0.3) is 0 Å². The highest BCUT2D eigenvalue weighted by Crippen LogP contribution is 2.15. The summed E-state index contributed by atoms with van der Waals surface area (Å²) in [7, 11) is 1.80. The summed E-state index contributed by atoms with van der Waals surface area (Å²) in [6.45, 7) is 1.73. The molecule has 1 aromatic heterocycles. The first-order valence-electron chi connectivity index (χ1n) is 2.72. The molecule has 0 fully saturated rings. The predicted octanol–water partition coefficient (Wildman–Crippen LogP) is 0.789. The van der Waals surface area contributed by atoms with E-state index in [1.807, 2.05) is 0 Å². The van der Waals surface area contributed by atoms with Crippen LogP contribution in [0.3, 0.4) is 0 Å². The Hall–Kier alpha value is -0.970. The van der Waals surface area contributed by atoms with Gasteiger partial charge in [-0.1, -0.05) is 0 Å². The molecule has 0 spiro atoms. The average Bonchev–Trinajstić information content (AvgIpc) is 2.14. The number of aromatic nitrogens is 1. The monoisotopic (exact) mass is 159 g/mol. The van der Waals surface area contributed by atoms with Gasteiger partial charge < -0.3 is 0 Å². The van der Waals surface area contributed by atoms with E-state index in [1.54, 1.807) is 17.9 Å². The summed E-state index contributed by atoms with van der Waals surface area (Å²) in [6.07, 6.45) is 0. The van der Waals surface area contributed by atoms with Crippen LogP contribution in [0.1, 0.15) is 5.69 Å². The summed E-state index contributed by atoms with van der Waals surface area (Å²) in [5.41, 5.74) is 0.905. The van der Waals surface area contributed by atoms with Crippen molar-refractivity contribution in [3.8, 4) is 0 Å². The van der Waals surface area contributed by atoms with Crippen LogP contribution < -0.4 is 3.96 Å². The Labute approximate surface area is 62.0 Å². The largest absolute Gasteiger partial charge is 0.351 e. The molecule has 0 N–H and O–H groups in total. The molecule has 0 aromatic carbocycles. The summed E-state index contributed by atoms with van der Waals surface area (Å²) in [4.78, 5) is 9.86. The van der Waals surface area contributed by atoms with Crippen LogP contribution in [-0.2, 0) is 7.05 Å². The Morgan fingerprint density at radius 2 is 2.40 bits per heavy atom. The van der Waals surface area contributed by atoms with E-state index in [4.69, 9.17) is 0 Å². The summed E-state index contributed by atoms with van der Waals surface area (Å²) in [6, 6.07) is 0. The van der Waals surface area contributed by atoms with E-state index in [0.717, 1.165) is 0 Å². The number of rotatable bonds is 1. The lowest BCUT2D eigenvalue weighted by atomic mass is 10.4. The average molecular weight is 159 g/mol. The first-order chi connectivity index (χ1) is 4.63. The Balaban J connectivity index is 3.17. The molecule has 1 aromatic rings. The molecule has 0 saturated carbocycles. The van der Waals surface area contributed by atoms with Gasteiger partial charge in [-0.25, -0.2) is 0 Å². The van der Waals surface area contributed by atoms with Crippen LogP contribution in [-0.4, -0.2) is 4.92 Å². The third-order valence-corrected chi connectivity index (χ3v) is 2.28. The van der Waals surface area contributed by atoms with Crippen molar-refractivity contribution in [1.29, 1.82) is 0 Å². The molecule has 0 amide bonds. The maximum absolute atomic E-state index is 10.2. The minimum atomic E-state index is -0.369. The van der Waals surface area contributed by atoms with Crippen molar-refractivity contribution in [2.45, 2.75) is 6.92 Å². The topological polar surface area (TPSA) is 47.0 Å². The molecule has 0 unspecified atom stereocenters. The molecule has 0 aliphatic carbocycles. The molecule has 4 nitrogen and oxygen atoms in total. The van der Waals surface area contributed by atoms with E-state index in [2.05, 4.69) is 0 Å². The smallest absolute Gasteiger partial charge is 0.258 e. The first-order valence-corrected chi connectivity index (χ1v) is 3.55. The molecule has 54 valence electrons. The summed E-state index contributed by atoms with van der Waals surface area (Å²) < 4.78 is 1.76. The fraction of sp³-hybridized carbons (Fsp3) is 0.400. The highest BCUT2D eigenvalue weighted by Gasteiger charge is 2.21. The lowest BCUT2D eigenvalue weighted by molar-refractivity contribution is -0.610. The van der Waals surface area contributed by atoms with Gasteiger partial charge in [0.15, 0.2) is 7.05 Å². The van der Waals surface area contributed by atoms with Crippen LogP contribution in [0.4, 0.5) is 5.69 Å². The fourth-order valence-corrected chi connectivity index (χ4v) is 1.40. The molecule has 1 rings (SSSR count). The zero-order chi connectivity index (χ0) is 7.72. The zero-order valence-electron chi connectivity index (χ0n) is 5.70. The van der Waals surface area contributed by atoms with Crippen molar-refractivity contribution in [2.75, 3.05) is 0 Å². The number of nitrogens with zero attached hydrogens (tertiary/aromatic N) is 2. The maximum atomic E-state index is 10.2. The molecule has 5 heteroatoms. The van der Waals surface area contributed by atoms with E-state index in [9.17, 15) is 10.1 Å².